The van der Waals surface area contributed by atoms with E-state index < -0.39 is 0 Å². The zero-order valence-electron chi connectivity index (χ0n) is 24.8. The number of aromatic nitrogens is 4. The molecule has 5 heterocycles. The molecule has 0 unspecified atom stereocenters. The van der Waals surface area contributed by atoms with Crippen LogP contribution in [0.25, 0.3) is 103 Å². The maximum Gasteiger partial charge on any atom is 0.236 e. The third-order valence-corrected chi connectivity index (χ3v) is 10.6. The van der Waals surface area contributed by atoms with Crippen LogP contribution < -0.4 is 0 Å². The molecule has 0 spiro atoms. The third kappa shape index (κ3) is 3.34. The summed E-state index contributed by atoms with van der Waals surface area (Å²) in [6.07, 6.45) is 3.69. The lowest BCUT2D eigenvalue weighted by Crippen LogP contribution is -2.03. The van der Waals surface area contributed by atoms with Gasteiger partial charge in [-0.1, -0.05) is 97.1 Å². The minimum Gasteiger partial charge on any atom is -0.454 e. The molecule has 5 nitrogen and oxygen atoms in total. The number of nitrogens with zero attached hydrogens (tertiary/aromatic N) is 4. The van der Waals surface area contributed by atoms with Crippen molar-refractivity contribution in [3.63, 3.8) is 0 Å². The fourth-order valence-corrected chi connectivity index (χ4v) is 8.67. The Morgan fingerprint density at radius 1 is 0.574 bits per heavy atom. The van der Waals surface area contributed by atoms with E-state index in [2.05, 4.69) is 119 Å². The summed E-state index contributed by atoms with van der Waals surface area (Å²) in [5, 5.41) is 10.2. The smallest absolute Gasteiger partial charge is 0.236 e. The summed E-state index contributed by atoms with van der Waals surface area (Å²) in [6.45, 7) is 0. The van der Waals surface area contributed by atoms with Crippen LogP contribution in [0.1, 0.15) is 0 Å². The number of thiophene rings is 1. The highest BCUT2D eigenvalue weighted by Gasteiger charge is 2.26. The van der Waals surface area contributed by atoms with E-state index >= 15 is 0 Å². The lowest BCUT2D eigenvalue weighted by atomic mass is 9.98. The molecule has 0 fully saturated rings. The van der Waals surface area contributed by atoms with Crippen LogP contribution in [-0.2, 0) is 0 Å². The Kier molecular flexibility index (Phi) is 4.93. The maximum absolute atomic E-state index is 6.85. The second-order valence-electron chi connectivity index (χ2n) is 12.0. The number of fused-ring (bicyclic) bond motifs is 15. The largest absolute Gasteiger partial charge is 0.454 e. The first-order valence-corrected chi connectivity index (χ1v) is 16.4. The van der Waals surface area contributed by atoms with Crippen molar-refractivity contribution in [3.05, 3.63) is 134 Å². The molecule has 5 aromatic heterocycles. The highest BCUT2D eigenvalue weighted by molar-refractivity contribution is 7.26. The van der Waals surface area contributed by atoms with E-state index in [0.29, 0.717) is 5.95 Å². The fraction of sp³-hybridized carbons (Fsp3) is 0. The van der Waals surface area contributed by atoms with E-state index in [1.165, 1.54) is 15.5 Å². The topological polar surface area (TPSA) is 56.7 Å². The van der Waals surface area contributed by atoms with Crippen molar-refractivity contribution in [3.8, 4) is 17.2 Å². The van der Waals surface area contributed by atoms with Crippen molar-refractivity contribution in [2.24, 2.45) is 0 Å². The van der Waals surface area contributed by atoms with Crippen LogP contribution in [0.15, 0.2) is 138 Å². The molecule has 0 aliphatic rings. The summed E-state index contributed by atoms with van der Waals surface area (Å²) in [7, 11) is 0. The van der Waals surface area contributed by atoms with E-state index in [1.807, 2.05) is 18.3 Å². The highest BCUT2D eigenvalue weighted by Crippen LogP contribution is 2.47. The standard InChI is InChI=1S/C41H22N4OS/c1-2-12-25-23(10-1)19-20-30-33-26-13-3-4-14-27(26)34-28-15-5-7-17-31(28)46-39(34)38(33)45(37(25)30)41-43-35(24-11-9-21-42-22-24)40-36(44-41)29-16-6-8-18-32(29)47-40/h1-22H. The second kappa shape index (κ2) is 9.22. The van der Waals surface area contributed by atoms with Crippen molar-refractivity contribution in [2.45, 2.75) is 0 Å². The Morgan fingerprint density at radius 3 is 2.17 bits per heavy atom. The quantitative estimate of drug-likeness (QED) is 0.193. The lowest BCUT2D eigenvalue weighted by molar-refractivity contribution is 0.671. The molecule has 47 heavy (non-hydrogen) atoms. The summed E-state index contributed by atoms with van der Waals surface area (Å²) < 4.78 is 11.3. The predicted molar refractivity (Wildman–Crippen MR) is 195 cm³/mol. The van der Waals surface area contributed by atoms with Crippen LogP contribution in [-0.4, -0.2) is 19.5 Å². The van der Waals surface area contributed by atoms with Gasteiger partial charge in [0.1, 0.15) is 11.1 Å². The first kappa shape index (κ1) is 25.1. The molecule has 0 N–H and O–H groups in total. The number of para-hydroxylation sites is 1. The molecule has 0 atom stereocenters. The van der Waals surface area contributed by atoms with Crippen LogP contribution in [0, 0.1) is 0 Å². The van der Waals surface area contributed by atoms with E-state index in [9.17, 15) is 0 Å². The van der Waals surface area contributed by atoms with Gasteiger partial charge in [-0.15, -0.1) is 11.3 Å². The van der Waals surface area contributed by atoms with Crippen molar-refractivity contribution >= 4 is 96.9 Å². The van der Waals surface area contributed by atoms with Crippen molar-refractivity contribution in [1.29, 1.82) is 0 Å². The molecule has 0 saturated heterocycles. The molecule has 0 radical (unpaired) electrons. The van der Waals surface area contributed by atoms with E-state index in [0.717, 1.165) is 81.4 Å². The second-order valence-corrected chi connectivity index (χ2v) is 13.0. The molecular formula is C41H22N4OS. The number of rotatable bonds is 2. The molecule has 0 bridgehead atoms. The Bertz CT molecular complexity index is 3080. The summed E-state index contributed by atoms with van der Waals surface area (Å²) in [4.78, 5) is 15.4. The molecule has 0 aliphatic heterocycles. The van der Waals surface area contributed by atoms with Crippen LogP contribution >= 0.6 is 11.3 Å². The number of benzene rings is 6. The van der Waals surface area contributed by atoms with Crippen molar-refractivity contribution < 1.29 is 4.42 Å². The average Bonchev–Trinajstić information content (AvgIpc) is 3.82. The van der Waals surface area contributed by atoms with Gasteiger partial charge in [-0.3, -0.25) is 9.55 Å². The van der Waals surface area contributed by atoms with Crippen LogP contribution in [0.3, 0.4) is 0 Å². The molecule has 0 aliphatic carbocycles. The Balaban J connectivity index is 1.44. The van der Waals surface area contributed by atoms with Crippen LogP contribution in [0.2, 0.25) is 0 Å². The van der Waals surface area contributed by atoms with Crippen LogP contribution in [0.5, 0.6) is 0 Å². The molecular weight excluding hydrogens is 597 g/mol. The van der Waals surface area contributed by atoms with Crippen molar-refractivity contribution in [2.75, 3.05) is 0 Å². The summed E-state index contributed by atoms with van der Waals surface area (Å²) in [6, 6.07) is 42.6. The maximum atomic E-state index is 6.85. The van der Waals surface area contributed by atoms with Gasteiger partial charge in [-0.25, -0.2) is 9.97 Å². The number of furan rings is 1. The zero-order chi connectivity index (χ0) is 30.6. The van der Waals surface area contributed by atoms with Gasteiger partial charge in [0, 0.05) is 55.0 Å². The SMILES string of the molecule is c1cncc(-c2nc(-n3c4c5ccccc5ccc4c4c5ccccc5c5c6ccccc6oc5c43)nc3c2sc2ccccc23)c1. The third-order valence-electron chi connectivity index (χ3n) is 9.47. The Morgan fingerprint density at radius 2 is 1.32 bits per heavy atom. The van der Waals surface area contributed by atoms with Gasteiger partial charge in [-0.05, 0) is 40.4 Å². The Labute approximate surface area is 271 Å². The van der Waals surface area contributed by atoms with E-state index in [-0.39, 0.29) is 0 Å². The average molecular weight is 619 g/mol. The van der Waals surface area contributed by atoms with Crippen LogP contribution in [0.4, 0.5) is 0 Å². The number of hydrogen-bond donors (Lipinski definition) is 0. The van der Waals surface area contributed by atoms with Gasteiger partial charge in [0.2, 0.25) is 5.95 Å². The van der Waals surface area contributed by atoms with Gasteiger partial charge >= 0.3 is 0 Å². The summed E-state index contributed by atoms with van der Waals surface area (Å²) in [5.74, 6) is 0.605. The van der Waals surface area contributed by atoms with Gasteiger partial charge in [-0.2, -0.15) is 0 Å². The summed E-state index contributed by atoms with van der Waals surface area (Å²) in [5.41, 5.74) is 6.49. The predicted octanol–water partition coefficient (Wildman–Crippen LogP) is 11.2. The first-order valence-electron chi connectivity index (χ1n) is 15.6. The lowest BCUT2D eigenvalue weighted by Gasteiger charge is -2.11. The number of hydrogen-bond acceptors (Lipinski definition) is 5. The van der Waals surface area contributed by atoms with Gasteiger partial charge < -0.3 is 4.42 Å². The molecule has 11 aromatic rings. The molecule has 6 heteroatoms. The monoisotopic (exact) mass is 618 g/mol. The summed E-state index contributed by atoms with van der Waals surface area (Å²) >= 11 is 1.73. The molecule has 218 valence electrons. The normalized spacial score (nSPS) is 12.3. The minimum atomic E-state index is 0.605. The zero-order valence-corrected chi connectivity index (χ0v) is 25.6. The van der Waals surface area contributed by atoms with E-state index in [1.54, 1.807) is 17.5 Å². The number of pyridine rings is 1. The van der Waals surface area contributed by atoms with Gasteiger partial charge in [0.05, 0.1) is 21.4 Å². The molecule has 11 rings (SSSR count). The van der Waals surface area contributed by atoms with Gasteiger partial charge in [0.25, 0.3) is 0 Å². The Hall–Kier alpha value is -6.11. The van der Waals surface area contributed by atoms with E-state index in [4.69, 9.17) is 14.4 Å². The van der Waals surface area contributed by atoms with Gasteiger partial charge in [0.15, 0.2) is 5.58 Å². The fourth-order valence-electron chi connectivity index (χ4n) is 7.51. The molecule has 0 saturated carbocycles. The first-order chi connectivity index (χ1) is 23.3. The molecule has 6 aromatic carbocycles. The highest BCUT2D eigenvalue weighted by atomic mass is 32.1. The van der Waals surface area contributed by atoms with Crippen molar-refractivity contribution in [1.82, 2.24) is 19.5 Å². The minimum absolute atomic E-state index is 0.605. The molecule has 0 amide bonds.